The van der Waals surface area contributed by atoms with Crippen molar-refractivity contribution in [2.24, 2.45) is 0 Å². The summed E-state index contributed by atoms with van der Waals surface area (Å²) in [5.74, 6) is 0.883. The highest BCUT2D eigenvalue weighted by molar-refractivity contribution is 7.27. The molecule has 0 saturated carbocycles. The summed E-state index contributed by atoms with van der Waals surface area (Å²) in [7, 11) is 0. The molecule has 6 heteroatoms. The number of thiophene rings is 1. The lowest BCUT2D eigenvalue weighted by Crippen LogP contribution is -1.97. The Morgan fingerprint density at radius 2 is 1.41 bits per heavy atom. The Morgan fingerprint density at radius 3 is 2.15 bits per heavy atom. The largest absolute Gasteiger partial charge is 0.396 e. The Hall–Kier alpha value is -4.94. The monoisotopic (exact) mass is 521 g/mol. The molecule has 8 aromatic rings. The van der Waals surface area contributed by atoms with Crippen LogP contribution < -0.4 is 5.73 Å². The highest BCUT2D eigenvalue weighted by atomic mass is 32.1. The Bertz CT molecular complexity index is 2240. The highest BCUT2D eigenvalue weighted by Gasteiger charge is 2.22. The summed E-state index contributed by atoms with van der Waals surface area (Å²) in [5, 5.41) is 4.68. The second kappa shape index (κ2) is 8.28. The molecular weight excluding hydrogens is 498 g/mol. The molecule has 5 aromatic heterocycles. The van der Waals surface area contributed by atoms with E-state index in [4.69, 9.17) is 10.7 Å². The highest BCUT2D eigenvalue weighted by Crippen LogP contribution is 2.47. The first-order chi connectivity index (χ1) is 19.3. The van der Waals surface area contributed by atoms with E-state index < -0.39 is 0 Å². The lowest BCUT2D eigenvalue weighted by molar-refractivity contribution is 1.08. The molecule has 0 bridgehead atoms. The molecule has 0 aliphatic rings. The fourth-order valence-electron chi connectivity index (χ4n) is 5.93. The van der Waals surface area contributed by atoms with Crippen molar-refractivity contribution in [3.63, 3.8) is 0 Å². The smallest absolute Gasteiger partial charge is 0.137 e. The number of nitrogen functional groups attached to an aromatic ring is 1. The summed E-state index contributed by atoms with van der Waals surface area (Å²) >= 11 is 1.80. The maximum absolute atomic E-state index is 6.94. The van der Waals surface area contributed by atoms with E-state index in [1.54, 1.807) is 11.3 Å². The molecule has 3 aromatic carbocycles. The molecule has 5 heterocycles. The lowest BCUT2D eigenvalue weighted by Gasteiger charge is -2.08. The van der Waals surface area contributed by atoms with Crippen LogP contribution in [0.25, 0.3) is 70.6 Å². The van der Waals surface area contributed by atoms with E-state index in [1.165, 1.54) is 20.2 Å². The van der Waals surface area contributed by atoms with Gasteiger partial charge < -0.3 is 10.3 Å². The molecule has 2 N–H and O–H groups in total. The summed E-state index contributed by atoms with van der Waals surface area (Å²) in [6, 6.07) is 29.4. The van der Waals surface area contributed by atoms with Gasteiger partial charge in [0.1, 0.15) is 5.82 Å². The molecule has 186 valence electrons. The van der Waals surface area contributed by atoms with Crippen molar-refractivity contribution in [1.29, 1.82) is 0 Å². The number of aromatic nitrogens is 4. The van der Waals surface area contributed by atoms with Crippen LogP contribution in [0.5, 0.6) is 0 Å². The van der Waals surface area contributed by atoms with Crippen molar-refractivity contribution < 1.29 is 0 Å². The predicted molar refractivity (Wildman–Crippen MR) is 165 cm³/mol. The van der Waals surface area contributed by atoms with E-state index in [0.29, 0.717) is 0 Å². The number of benzene rings is 3. The molecule has 0 spiro atoms. The lowest BCUT2D eigenvalue weighted by atomic mass is 10.1. The van der Waals surface area contributed by atoms with E-state index in [2.05, 4.69) is 74.8 Å². The van der Waals surface area contributed by atoms with Gasteiger partial charge in [-0.2, -0.15) is 0 Å². The minimum Gasteiger partial charge on any atom is -0.396 e. The van der Waals surface area contributed by atoms with Crippen LogP contribution >= 0.6 is 11.3 Å². The van der Waals surface area contributed by atoms with Crippen molar-refractivity contribution >= 4 is 76.1 Å². The maximum Gasteiger partial charge on any atom is 0.137 e. The third kappa shape index (κ3) is 3.00. The average molecular weight is 522 g/mol. The third-order valence-corrected chi connectivity index (χ3v) is 8.77. The van der Waals surface area contributed by atoms with Crippen LogP contribution in [-0.2, 0) is 0 Å². The van der Waals surface area contributed by atoms with Gasteiger partial charge in [-0.25, -0.2) is 4.98 Å². The number of para-hydroxylation sites is 1. The number of pyridine rings is 2. The molecule has 8 rings (SSSR count). The number of rotatable bonds is 3. The molecule has 0 saturated heterocycles. The molecule has 0 aliphatic carbocycles. The first-order valence-corrected chi connectivity index (χ1v) is 13.7. The topological polar surface area (TPSA) is 61.7 Å². The molecule has 0 atom stereocenters. The van der Waals surface area contributed by atoms with Gasteiger partial charge in [0.05, 0.1) is 33.4 Å². The van der Waals surface area contributed by atoms with Crippen molar-refractivity contribution in [3.8, 4) is 11.5 Å². The number of hydrogen-bond donors (Lipinski definition) is 1. The Balaban J connectivity index is 1.53. The third-order valence-electron chi connectivity index (χ3n) is 7.52. The van der Waals surface area contributed by atoms with Gasteiger partial charge in [-0.3, -0.25) is 9.55 Å². The summed E-state index contributed by atoms with van der Waals surface area (Å²) in [6.07, 6.45) is 7.86. The molecule has 0 unspecified atom stereocenters. The zero-order valence-corrected chi connectivity index (χ0v) is 22.0. The van der Waals surface area contributed by atoms with Gasteiger partial charge in [0.2, 0.25) is 0 Å². The molecule has 0 aliphatic heterocycles. The van der Waals surface area contributed by atoms with Crippen LogP contribution in [0.15, 0.2) is 103 Å². The number of nitrogens with zero attached hydrogens (tertiary/aromatic N) is 4. The molecule has 5 nitrogen and oxygen atoms in total. The van der Waals surface area contributed by atoms with Crippen molar-refractivity contribution in [2.45, 2.75) is 6.92 Å². The van der Waals surface area contributed by atoms with Gasteiger partial charge in [0, 0.05) is 49.0 Å². The zero-order valence-electron chi connectivity index (χ0n) is 21.2. The SMILES string of the molecule is C/C=C\c1c(N)c2c3sc4c(ccc5c4c4ncccc4n5-c4ccccn4)c3ccc2n1-c1ccccc1. The molecular formula is C33H23N5S. The summed E-state index contributed by atoms with van der Waals surface area (Å²) in [4.78, 5) is 9.53. The molecule has 39 heavy (non-hydrogen) atoms. The van der Waals surface area contributed by atoms with Crippen LogP contribution in [-0.4, -0.2) is 19.1 Å². The average Bonchev–Trinajstić information content (AvgIpc) is 3.61. The second-order valence-electron chi connectivity index (χ2n) is 9.64. The van der Waals surface area contributed by atoms with Crippen LogP contribution in [0.1, 0.15) is 12.6 Å². The van der Waals surface area contributed by atoms with Gasteiger partial charge >= 0.3 is 0 Å². The van der Waals surface area contributed by atoms with E-state index in [9.17, 15) is 0 Å². The number of nitrogens with two attached hydrogens (primary N) is 1. The van der Waals surface area contributed by atoms with E-state index in [-0.39, 0.29) is 0 Å². The van der Waals surface area contributed by atoms with Gasteiger partial charge in [0.25, 0.3) is 0 Å². The minimum absolute atomic E-state index is 0.800. The quantitative estimate of drug-likeness (QED) is 0.253. The molecule has 0 amide bonds. The van der Waals surface area contributed by atoms with Crippen LogP contribution in [0.4, 0.5) is 5.69 Å². The van der Waals surface area contributed by atoms with Crippen LogP contribution in [0.2, 0.25) is 0 Å². The van der Waals surface area contributed by atoms with Crippen molar-refractivity contribution in [3.05, 3.63) is 109 Å². The molecule has 0 fully saturated rings. The van der Waals surface area contributed by atoms with Crippen LogP contribution in [0, 0.1) is 0 Å². The molecule has 0 radical (unpaired) electrons. The van der Waals surface area contributed by atoms with E-state index in [1.807, 2.05) is 55.7 Å². The van der Waals surface area contributed by atoms with Gasteiger partial charge in [-0.05, 0) is 61.5 Å². The standard InChI is InChI=1S/C33H23N5S/c1-2-9-25-30(34)28-23(37(25)20-10-4-3-5-11-20)16-14-21-22-15-17-24-29(33(22)39-32(21)28)31-26(12-8-19-36-31)38(24)27-13-6-7-18-35-27/h2-19H,34H2,1H3/b9-2-. The van der Waals surface area contributed by atoms with Crippen molar-refractivity contribution in [2.75, 3.05) is 5.73 Å². The fourth-order valence-corrected chi connectivity index (χ4v) is 7.33. The number of allylic oxidation sites excluding steroid dienone is 1. The van der Waals surface area contributed by atoms with Gasteiger partial charge in [0.15, 0.2) is 0 Å². The normalized spacial score (nSPS) is 12.2. The van der Waals surface area contributed by atoms with Gasteiger partial charge in [-0.1, -0.05) is 42.5 Å². The van der Waals surface area contributed by atoms with Gasteiger partial charge in [-0.15, -0.1) is 11.3 Å². The summed E-state index contributed by atoms with van der Waals surface area (Å²) in [5.41, 5.74) is 14.1. The summed E-state index contributed by atoms with van der Waals surface area (Å²) < 4.78 is 6.88. The van der Waals surface area contributed by atoms with E-state index in [0.717, 1.165) is 55.7 Å². The summed E-state index contributed by atoms with van der Waals surface area (Å²) in [6.45, 7) is 2.03. The first kappa shape index (κ1) is 22.1. The fraction of sp³-hybridized carbons (Fsp3) is 0.0303. The second-order valence-corrected chi connectivity index (χ2v) is 10.7. The zero-order chi connectivity index (χ0) is 26.1. The van der Waals surface area contributed by atoms with Crippen molar-refractivity contribution in [1.82, 2.24) is 19.1 Å². The van der Waals surface area contributed by atoms with E-state index >= 15 is 0 Å². The number of fused-ring (bicyclic) bond motifs is 9. The Labute approximate surface area is 228 Å². The number of hydrogen-bond acceptors (Lipinski definition) is 4. The Morgan fingerprint density at radius 1 is 0.692 bits per heavy atom. The maximum atomic E-state index is 6.94. The Kier molecular flexibility index (Phi) is 4.69. The predicted octanol–water partition coefficient (Wildman–Crippen LogP) is 8.50. The number of anilines is 1. The van der Waals surface area contributed by atoms with Crippen LogP contribution in [0.3, 0.4) is 0 Å². The minimum atomic E-state index is 0.800. The first-order valence-electron chi connectivity index (χ1n) is 12.9.